The second-order valence-corrected chi connectivity index (χ2v) is 7.73. The molecule has 1 N–H and O–H groups in total. The number of aromatic nitrogens is 3. The maximum Gasteiger partial charge on any atom is 0.350 e. The molecule has 0 amide bonds. The van der Waals surface area contributed by atoms with Gasteiger partial charge in [-0.05, 0) is 63.4 Å². The summed E-state index contributed by atoms with van der Waals surface area (Å²) in [6.45, 7) is 5.65. The van der Waals surface area contributed by atoms with Crippen LogP contribution < -0.4 is 11.0 Å². The van der Waals surface area contributed by atoms with E-state index >= 15 is 0 Å². The summed E-state index contributed by atoms with van der Waals surface area (Å²) < 4.78 is 3.28. The number of nitrogens with one attached hydrogen (secondary N) is 1. The Hall–Kier alpha value is -1.92. The number of hydrogen-bond acceptors (Lipinski definition) is 4. The molecule has 0 radical (unpaired) electrons. The average molecular weight is 355 g/mol. The predicted molar refractivity (Wildman–Crippen MR) is 103 cm³/mol. The van der Waals surface area contributed by atoms with Crippen LogP contribution >= 0.6 is 0 Å². The molecule has 4 rings (SSSR count). The molecule has 0 spiro atoms. The Balaban J connectivity index is 1.55. The Morgan fingerprint density at radius 3 is 2.69 bits per heavy atom. The third kappa shape index (κ3) is 3.62. The van der Waals surface area contributed by atoms with Crippen molar-refractivity contribution in [3.8, 4) is 5.69 Å². The van der Waals surface area contributed by atoms with Crippen LogP contribution in [0.4, 0.5) is 0 Å². The number of hydrogen-bond donors (Lipinski definition) is 1. The van der Waals surface area contributed by atoms with Crippen LogP contribution in [0.3, 0.4) is 0 Å². The molecular formula is C20H29N5O. The average Bonchev–Trinajstić information content (AvgIpc) is 2.98. The molecule has 6 nitrogen and oxygen atoms in total. The summed E-state index contributed by atoms with van der Waals surface area (Å²) in [6.07, 6.45) is 4.83. The lowest BCUT2D eigenvalue weighted by atomic mass is 9.93. The fraction of sp³-hybridized carbons (Fsp3) is 0.600. The first-order valence-electron chi connectivity index (χ1n) is 9.87. The van der Waals surface area contributed by atoms with Crippen molar-refractivity contribution in [2.24, 2.45) is 13.0 Å². The van der Waals surface area contributed by atoms with Gasteiger partial charge < -0.3 is 10.2 Å². The zero-order valence-corrected chi connectivity index (χ0v) is 15.6. The van der Waals surface area contributed by atoms with Gasteiger partial charge in [0.2, 0.25) is 0 Å². The molecule has 140 valence electrons. The van der Waals surface area contributed by atoms with Gasteiger partial charge in [-0.1, -0.05) is 18.2 Å². The van der Waals surface area contributed by atoms with Crippen LogP contribution in [0.5, 0.6) is 0 Å². The van der Waals surface area contributed by atoms with Gasteiger partial charge in [-0.25, -0.2) is 14.0 Å². The lowest BCUT2D eigenvalue weighted by Crippen LogP contribution is -2.41. The molecule has 3 heterocycles. The van der Waals surface area contributed by atoms with E-state index in [1.54, 1.807) is 11.6 Å². The first-order valence-corrected chi connectivity index (χ1v) is 9.87. The minimum absolute atomic E-state index is 0.0540. The topological polar surface area (TPSA) is 55.1 Å². The van der Waals surface area contributed by atoms with Gasteiger partial charge in [-0.15, -0.1) is 0 Å². The SMILES string of the molecule is Cn1nc([C@H]2CCCN(CC3CCNCC3)C2)n(-c2ccccc2)c1=O. The van der Waals surface area contributed by atoms with E-state index in [0.717, 1.165) is 43.5 Å². The molecule has 0 unspecified atom stereocenters. The lowest BCUT2D eigenvalue weighted by Gasteiger charge is -2.35. The number of benzene rings is 1. The van der Waals surface area contributed by atoms with Gasteiger partial charge in [0.15, 0.2) is 0 Å². The van der Waals surface area contributed by atoms with E-state index in [4.69, 9.17) is 0 Å². The first-order chi connectivity index (χ1) is 12.7. The Bertz CT molecular complexity index is 775. The highest BCUT2D eigenvalue weighted by molar-refractivity contribution is 5.33. The third-order valence-corrected chi connectivity index (χ3v) is 5.81. The molecule has 2 fully saturated rings. The summed E-state index contributed by atoms with van der Waals surface area (Å²) in [5.41, 5.74) is 0.859. The van der Waals surface area contributed by atoms with E-state index < -0.39 is 0 Å². The second-order valence-electron chi connectivity index (χ2n) is 7.73. The standard InChI is InChI=1S/C20H29N5O/c1-23-20(26)25(18-7-3-2-4-8-18)19(22-23)17-6-5-13-24(15-17)14-16-9-11-21-12-10-16/h2-4,7-8,16-17,21H,5-6,9-15H2,1H3/t17-/m0/s1. The lowest BCUT2D eigenvalue weighted by molar-refractivity contribution is 0.160. The Kier molecular flexibility index (Phi) is 5.22. The molecule has 2 aliphatic rings. The monoisotopic (exact) mass is 355 g/mol. The highest BCUT2D eigenvalue weighted by Gasteiger charge is 2.28. The number of para-hydroxylation sites is 1. The maximum absolute atomic E-state index is 12.7. The van der Waals surface area contributed by atoms with E-state index in [2.05, 4.69) is 15.3 Å². The fourth-order valence-corrected chi connectivity index (χ4v) is 4.43. The highest BCUT2D eigenvalue weighted by atomic mass is 16.2. The van der Waals surface area contributed by atoms with Gasteiger partial charge in [0.25, 0.3) is 0 Å². The number of nitrogens with zero attached hydrogens (tertiary/aromatic N) is 4. The summed E-state index contributed by atoms with van der Waals surface area (Å²) in [5.74, 6) is 2.04. The van der Waals surface area contributed by atoms with Gasteiger partial charge in [-0.2, -0.15) is 5.10 Å². The van der Waals surface area contributed by atoms with E-state index in [0.29, 0.717) is 5.92 Å². The second kappa shape index (κ2) is 7.76. The predicted octanol–water partition coefficient (Wildman–Crippen LogP) is 1.75. The normalized spacial score (nSPS) is 22.6. The minimum Gasteiger partial charge on any atom is -0.317 e. The Morgan fingerprint density at radius 1 is 1.15 bits per heavy atom. The Labute approximate surface area is 154 Å². The van der Waals surface area contributed by atoms with Crippen molar-refractivity contribution in [1.29, 1.82) is 0 Å². The van der Waals surface area contributed by atoms with Crippen molar-refractivity contribution in [1.82, 2.24) is 24.6 Å². The molecule has 2 aromatic rings. The van der Waals surface area contributed by atoms with Gasteiger partial charge >= 0.3 is 5.69 Å². The number of aryl methyl sites for hydroxylation is 1. The van der Waals surface area contributed by atoms with Crippen LogP contribution in [0.25, 0.3) is 5.69 Å². The van der Waals surface area contributed by atoms with Crippen molar-refractivity contribution < 1.29 is 0 Å². The van der Waals surface area contributed by atoms with Crippen molar-refractivity contribution in [2.75, 3.05) is 32.7 Å². The summed E-state index contributed by atoms with van der Waals surface area (Å²) in [7, 11) is 1.75. The van der Waals surface area contributed by atoms with Gasteiger partial charge in [0, 0.05) is 26.1 Å². The molecule has 2 saturated heterocycles. The molecule has 1 atom stereocenters. The van der Waals surface area contributed by atoms with Gasteiger partial charge in [-0.3, -0.25) is 0 Å². The number of rotatable bonds is 4. The largest absolute Gasteiger partial charge is 0.350 e. The number of likely N-dealkylation sites (tertiary alicyclic amines) is 1. The van der Waals surface area contributed by atoms with Crippen molar-refractivity contribution in [3.05, 3.63) is 46.6 Å². The molecule has 26 heavy (non-hydrogen) atoms. The minimum atomic E-state index is -0.0540. The summed E-state index contributed by atoms with van der Waals surface area (Å²) in [5, 5.41) is 8.07. The van der Waals surface area contributed by atoms with Crippen molar-refractivity contribution in [3.63, 3.8) is 0 Å². The molecule has 1 aromatic heterocycles. The molecule has 0 bridgehead atoms. The van der Waals surface area contributed by atoms with Crippen LogP contribution in [0.15, 0.2) is 35.1 Å². The van der Waals surface area contributed by atoms with Gasteiger partial charge in [0.1, 0.15) is 5.82 Å². The van der Waals surface area contributed by atoms with Crippen LogP contribution in [-0.4, -0.2) is 52.0 Å². The maximum atomic E-state index is 12.7. The Morgan fingerprint density at radius 2 is 1.92 bits per heavy atom. The van der Waals surface area contributed by atoms with Crippen LogP contribution in [0, 0.1) is 5.92 Å². The van der Waals surface area contributed by atoms with Crippen molar-refractivity contribution >= 4 is 0 Å². The van der Waals surface area contributed by atoms with E-state index in [1.165, 1.54) is 37.0 Å². The fourth-order valence-electron chi connectivity index (χ4n) is 4.43. The first kappa shape index (κ1) is 17.5. The molecule has 0 aliphatic carbocycles. The highest BCUT2D eigenvalue weighted by Crippen LogP contribution is 2.27. The quantitative estimate of drug-likeness (QED) is 0.908. The third-order valence-electron chi connectivity index (χ3n) is 5.81. The molecule has 1 aromatic carbocycles. The summed E-state index contributed by atoms with van der Waals surface area (Å²) in [4.78, 5) is 15.3. The van der Waals surface area contributed by atoms with Crippen molar-refractivity contribution in [2.45, 2.75) is 31.6 Å². The molecule has 6 heteroatoms. The smallest absolute Gasteiger partial charge is 0.317 e. The van der Waals surface area contributed by atoms with E-state index in [-0.39, 0.29) is 5.69 Å². The van der Waals surface area contributed by atoms with Crippen LogP contribution in [0.2, 0.25) is 0 Å². The molecule has 0 saturated carbocycles. The molecule has 2 aliphatic heterocycles. The summed E-state index contributed by atoms with van der Waals surface area (Å²) in [6, 6.07) is 9.90. The van der Waals surface area contributed by atoms with Gasteiger partial charge in [0.05, 0.1) is 5.69 Å². The van der Waals surface area contributed by atoms with Crippen LogP contribution in [0.1, 0.15) is 37.4 Å². The zero-order valence-electron chi connectivity index (χ0n) is 15.6. The van der Waals surface area contributed by atoms with Crippen LogP contribution in [-0.2, 0) is 7.05 Å². The van der Waals surface area contributed by atoms with E-state index in [9.17, 15) is 4.79 Å². The summed E-state index contributed by atoms with van der Waals surface area (Å²) >= 11 is 0. The zero-order chi connectivity index (χ0) is 17.9. The number of piperidine rings is 2. The van der Waals surface area contributed by atoms with E-state index in [1.807, 2.05) is 30.3 Å². The molecular weight excluding hydrogens is 326 g/mol.